The fourth-order valence-corrected chi connectivity index (χ4v) is 2.56. The molecule has 5 heteroatoms. The average Bonchev–Trinajstić information content (AvgIpc) is 2.51. The van der Waals surface area contributed by atoms with E-state index in [-0.39, 0.29) is 0 Å². The summed E-state index contributed by atoms with van der Waals surface area (Å²) in [7, 11) is 0. The van der Waals surface area contributed by atoms with Gasteiger partial charge in [-0.25, -0.2) is 15.0 Å². The van der Waals surface area contributed by atoms with E-state index in [9.17, 15) is 5.26 Å². The van der Waals surface area contributed by atoms with Gasteiger partial charge in [-0.15, -0.1) is 0 Å². The number of rotatable bonds is 2. The van der Waals surface area contributed by atoms with Crippen LogP contribution in [0.1, 0.15) is 22.8 Å². The number of aromatic nitrogens is 3. The third-order valence-electron chi connectivity index (χ3n) is 3.13. The van der Waals surface area contributed by atoms with E-state index in [0.29, 0.717) is 11.4 Å². The number of halogens is 1. The van der Waals surface area contributed by atoms with Crippen LogP contribution in [0.15, 0.2) is 41.0 Å². The van der Waals surface area contributed by atoms with Crippen LogP contribution in [0, 0.1) is 18.3 Å². The highest BCUT2D eigenvalue weighted by Crippen LogP contribution is 2.23. The molecule has 2 heterocycles. The predicted molar refractivity (Wildman–Crippen MR) is 89.9 cm³/mol. The van der Waals surface area contributed by atoms with Gasteiger partial charge in [0.15, 0.2) is 5.82 Å². The lowest BCUT2D eigenvalue weighted by Gasteiger charge is -2.02. The number of pyridine rings is 1. The molecule has 22 heavy (non-hydrogen) atoms. The smallest absolute Gasteiger partial charge is 0.152 e. The van der Waals surface area contributed by atoms with E-state index in [4.69, 9.17) is 0 Å². The van der Waals surface area contributed by atoms with E-state index in [0.717, 1.165) is 26.8 Å². The number of nitriles is 1. The minimum absolute atomic E-state index is 0.606. The predicted octanol–water partition coefficient (Wildman–Crippen LogP) is 4.14. The molecule has 0 spiro atoms. The van der Waals surface area contributed by atoms with Gasteiger partial charge in [-0.1, -0.05) is 15.9 Å². The lowest BCUT2D eigenvalue weighted by Crippen LogP contribution is -1.89. The third-order valence-corrected chi connectivity index (χ3v) is 3.59. The summed E-state index contributed by atoms with van der Waals surface area (Å²) in [5, 5.41) is 10.0. The molecule has 4 nitrogen and oxygen atoms in total. The lowest BCUT2D eigenvalue weighted by atomic mass is 10.1. The fraction of sp³-hybridized carbons (Fsp3) is 0.0588. The molecule has 0 atom stereocenters. The van der Waals surface area contributed by atoms with Crippen molar-refractivity contribution in [3.63, 3.8) is 0 Å². The minimum Gasteiger partial charge on any atom is -0.248 e. The molecule has 1 aromatic carbocycles. The monoisotopic (exact) mass is 350 g/mol. The number of aryl methyl sites for hydroxylation is 1. The van der Waals surface area contributed by atoms with Crippen LogP contribution in [0.4, 0.5) is 0 Å². The van der Waals surface area contributed by atoms with Crippen LogP contribution < -0.4 is 0 Å². The minimum atomic E-state index is 0.606. The van der Waals surface area contributed by atoms with Crippen LogP contribution in [0.2, 0.25) is 0 Å². The van der Waals surface area contributed by atoms with Crippen molar-refractivity contribution in [2.45, 2.75) is 6.92 Å². The molecule has 0 amide bonds. The van der Waals surface area contributed by atoms with Crippen LogP contribution in [0.5, 0.6) is 0 Å². The first kappa shape index (κ1) is 14.4. The summed E-state index contributed by atoms with van der Waals surface area (Å²) in [5.74, 6) is 0.647. The molecule has 0 aliphatic carbocycles. The van der Waals surface area contributed by atoms with Crippen molar-refractivity contribution in [2.75, 3.05) is 0 Å². The molecular formula is C17H11BrN4. The maximum Gasteiger partial charge on any atom is 0.152 e. The third kappa shape index (κ3) is 3.02. The van der Waals surface area contributed by atoms with Gasteiger partial charge < -0.3 is 0 Å². The van der Waals surface area contributed by atoms with Gasteiger partial charge in [-0.05, 0) is 49.4 Å². The Balaban J connectivity index is 2.01. The average molecular weight is 351 g/mol. The SMILES string of the molecule is Cc1ccnc(C=Cc2ccc3c(C#N)cc(Br)cc3n2)n1. The Labute approximate surface area is 136 Å². The van der Waals surface area contributed by atoms with E-state index in [1.165, 1.54) is 0 Å². The second-order valence-electron chi connectivity index (χ2n) is 4.76. The molecule has 2 aromatic heterocycles. The van der Waals surface area contributed by atoms with Gasteiger partial charge in [-0.3, -0.25) is 0 Å². The molecule has 0 bridgehead atoms. The zero-order valence-corrected chi connectivity index (χ0v) is 13.4. The summed E-state index contributed by atoms with van der Waals surface area (Å²) in [4.78, 5) is 13.1. The van der Waals surface area contributed by atoms with Gasteiger partial charge in [0.25, 0.3) is 0 Å². The Bertz CT molecular complexity index is 926. The van der Waals surface area contributed by atoms with Gasteiger partial charge in [0.2, 0.25) is 0 Å². The summed E-state index contributed by atoms with van der Waals surface area (Å²) >= 11 is 3.40. The number of nitrogens with zero attached hydrogens (tertiary/aromatic N) is 4. The van der Waals surface area contributed by atoms with Crippen molar-refractivity contribution in [2.24, 2.45) is 0 Å². The van der Waals surface area contributed by atoms with E-state index < -0.39 is 0 Å². The quantitative estimate of drug-likeness (QED) is 0.696. The van der Waals surface area contributed by atoms with Gasteiger partial charge in [0, 0.05) is 21.7 Å². The van der Waals surface area contributed by atoms with Crippen molar-refractivity contribution < 1.29 is 0 Å². The Morgan fingerprint density at radius 1 is 1.14 bits per heavy atom. The van der Waals surface area contributed by atoms with E-state index >= 15 is 0 Å². The van der Waals surface area contributed by atoms with Crippen LogP contribution in [0.3, 0.4) is 0 Å². The van der Waals surface area contributed by atoms with Crippen LogP contribution in [-0.2, 0) is 0 Å². The van der Waals surface area contributed by atoms with E-state index in [1.807, 2.05) is 43.3 Å². The molecule has 0 saturated carbocycles. The van der Waals surface area contributed by atoms with Crippen molar-refractivity contribution in [1.82, 2.24) is 15.0 Å². The maximum absolute atomic E-state index is 9.18. The van der Waals surface area contributed by atoms with Gasteiger partial charge in [-0.2, -0.15) is 5.26 Å². The number of hydrogen-bond donors (Lipinski definition) is 0. The summed E-state index contributed by atoms with van der Waals surface area (Å²) in [5.41, 5.74) is 3.09. The highest BCUT2D eigenvalue weighted by Gasteiger charge is 2.04. The lowest BCUT2D eigenvalue weighted by molar-refractivity contribution is 1.08. The Kier molecular flexibility index (Phi) is 3.94. The number of benzene rings is 1. The standard InChI is InChI=1S/C17H11BrN4/c1-11-6-7-20-17(21-11)5-3-14-2-4-15-12(10-19)8-13(18)9-16(15)22-14/h2-9H,1H3. The van der Waals surface area contributed by atoms with Crippen LogP contribution in [0.25, 0.3) is 23.1 Å². The largest absolute Gasteiger partial charge is 0.248 e. The zero-order valence-electron chi connectivity index (χ0n) is 11.8. The molecule has 0 saturated heterocycles. The van der Waals surface area contributed by atoms with Crippen LogP contribution >= 0.6 is 15.9 Å². The topological polar surface area (TPSA) is 62.5 Å². The highest BCUT2D eigenvalue weighted by atomic mass is 79.9. The molecule has 3 rings (SSSR count). The number of hydrogen-bond acceptors (Lipinski definition) is 4. The van der Waals surface area contributed by atoms with E-state index in [1.54, 1.807) is 12.3 Å². The molecule has 0 N–H and O–H groups in total. The van der Waals surface area contributed by atoms with Crippen molar-refractivity contribution >= 4 is 39.0 Å². The van der Waals surface area contributed by atoms with Gasteiger partial charge in [0.1, 0.15) is 0 Å². The second-order valence-corrected chi connectivity index (χ2v) is 5.67. The molecule has 3 aromatic rings. The van der Waals surface area contributed by atoms with Crippen molar-refractivity contribution in [3.8, 4) is 6.07 Å². The van der Waals surface area contributed by atoms with Gasteiger partial charge in [0.05, 0.1) is 22.8 Å². The summed E-state index contributed by atoms with van der Waals surface area (Å²) in [6.45, 7) is 1.92. The highest BCUT2D eigenvalue weighted by molar-refractivity contribution is 9.10. The molecular weight excluding hydrogens is 340 g/mol. The molecule has 0 aliphatic heterocycles. The first-order valence-electron chi connectivity index (χ1n) is 6.64. The molecule has 0 unspecified atom stereocenters. The molecule has 0 fully saturated rings. The Morgan fingerprint density at radius 3 is 2.77 bits per heavy atom. The Morgan fingerprint density at radius 2 is 2.00 bits per heavy atom. The normalized spacial score (nSPS) is 11.0. The fourth-order valence-electron chi connectivity index (χ4n) is 2.11. The van der Waals surface area contributed by atoms with E-state index in [2.05, 4.69) is 37.0 Å². The second kappa shape index (κ2) is 6.04. The molecule has 106 valence electrons. The summed E-state index contributed by atoms with van der Waals surface area (Å²) < 4.78 is 0.840. The van der Waals surface area contributed by atoms with Crippen molar-refractivity contribution in [3.05, 3.63) is 63.8 Å². The van der Waals surface area contributed by atoms with Crippen LogP contribution in [-0.4, -0.2) is 15.0 Å². The first-order valence-corrected chi connectivity index (χ1v) is 7.43. The first-order chi connectivity index (χ1) is 10.7. The molecule has 0 radical (unpaired) electrons. The molecule has 0 aliphatic rings. The summed E-state index contributed by atoms with van der Waals surface area (Å²) in [6, 6.07) is 11.5. The zero-order chi connectivity index (χ0) is 15.5. The Hall–Kier alpha value is -2.58. The number of fused-ring (bicyclic) bond motifs is 1. The summed E-state index contributed by atoms with van der Waals surface area (Å²) in [6.07, 6.45) is 5.41. The maximum atomic E-state index is 9.18. The van der Waals surface area contributed by atoms with Crippen molar-refractivity contribution in [1.29, 1.82) is 5.26 Å². The van der Waals surface area contributed by atoms with Gasteiger partial charge >= 0.3 is 0 Å².